The summed E-state index contributed by atoms with van der Waals surface area (Å²) < 4.78 is 0. The van der Waals surface area contributed by atoms with E-state index in [-0.39, 0.29) is 0 Å². The van der Waals surface area contributed by atoms with E-state index in [2.05, 4.69) is 29.0 Å². The Morgan fingerprint density at radius 3 is 2.45 bits per heavy atom. The molecule has 2 saturated heterocycles. The van der Waals surface area contributed by atoms with Gasteiger partial charge in [0.15, 0.2) is 0 Å². The zero-order valence-corrected chi connectivity index (χ0v) is 18.8. The van der Waals surface area contributed by atoms with Crippen molar-refractivity contribution < 1.29 is 0 Å². The zero-order chi connectivity index (χ0) is 20.1. The standard InChI is InChI=1S/C24H41N5/c1-19(2)17-28-14-10-7-11-20(18-28)25-24-26-22-13-6-5-12-21(22)23(27-24)29-15-8-3-4-9-16-29/h19-20H,3-18H2,1-2H3,(H,25,26,27)/t20-/m0/s1. The van der Waals surface area contributed by atoms with Crippen LogP contribution in [0.4, 0.5) is 11.8 Å². The van der Waals surface area contributed by atoms with Crippen molar-refractivity contribution in [3.63, 3.8) is 0 Å². The average Bonchev–Trinajstić information content (AvgIpc) is 3.10. The van der Waals surface area contributed by atoms with Crippen LogP contribution in [-0.2, 0) is 12.8 Å². The first-order valence-electron chi connectivity index (χ1n) is 12.3. The van der Waals surface area contributed by atoms with Crippen LogP contribution in [0.3, 0.4) is 0 Å². The number of fused-ring (bicyclic) bond motifs is 1. The highest BCUT2D eigenvalue weighted by Crippen LogP contribution is 2.31. The van der Waals surface area contributed by atoms with Crippen molar-refractivity contribution in [1.82, 2.24) is 14.9 Å². The Balaban J connectivity index is 1.54. The Hall–Kier alpha value is -1.36. The van der Waals surface area contributed by atoms with E-state index < -0.39 is 0 Å². The Kier molecular flexibility index (Phi) is 7.28. The van der Waals surface area contributed by atoms with E-state index >= 15 is 0 Å². The normalized spacial score (nSPS) is 24.1. The molecule has 1 atom stereocenters. The summed E-state index contributed by atoms with van der Waals surface area (Å²) in [6, 6.07) is 0.467. The minimum Gasteiger partial charge on any atom is -0.356 e. The third-order valence-electron chi connectivity index (χ3n) is 6.78. The molecular weight excluding hydrogens is 358 g/mol. The number of nitrogens with one attached hydrogen (secondary N) is 1. The summed E-state index contributed by atoms with van der Waals surface area (Å²) >= 11 is 0. The molecule has 1 aromatic rings. The SMILES string of the molecule is CC(C)CN1CCCC[C@H](Nc2nc3c(c(N4CCCCCC4)n2)CCCC3)C1. The summed E-state index contributed by atoms with van der Waals surface area (Å²) in [5.74, 6) is 2.87. The maximum atomic E-state index is 5.15. The smallest absolute Gasteiger partial charge is 0.225 e. The molecule has 29 heavy (non-hydrogen) atoms. The van der Waals surface area contributed by atoms with Gasteiger partial charge in [0, 0.05) is 37.8 Å². The molecule has 0 saturated carbocycles. The van der Waals surface area contributed by atoms with Crippen molar-refractivity contribution in [3.05, 3.63) is 11.3 Å². The second kappa shape index (κ2) is 10.1. The number of hydrogen-bond donors (Lipinski definition) is 1. The predicted molar refractivity (Wildman–Crippen MR) is 122 cm³/mol. The first-order valence-corrected chi connectivity index (χ1v) is 12.3. The van der Waals surface area contributed by atoms with Gasteiger partial charge in [0.25, 0.3) is 0 Å². The topological polar surface area (TPSA) is 44.3 Å². The fourth-order valence-electron chi connectivity index (χ4n) is 5.39. The third-order valence-corrected chi connectivity index (χ3v) is 6.78. The van der Waals surface area contributed by atoms with Gasteiger partial charge >= 0.3 is 0 Å². The van der Waals surface area contributed by atoms with Gasteiger partial charge in [-0.05, 0) is 63.8 Å². The highest BCUT2D eigenvalue weighted by molar-refractivity contribution is 5.54. The number of rotatable bonds is 5. The number of likely N-dealkylation sites (tertiary alicyclic amines) is 1. The summed E-state index contributed by atoms with van der Waals surface area (Å²) in [6.45, 7) is 10.5. The average molecular weight is 400 g/mol. The first-order chi connectivity index (χ1) is 14.2. The Bertz CT molecular complexity index is 651. The van der Waals surface area contributed by atoms with Crippen LogP contribution in [0.5, 0.6) is 0 Å². The molecule has 0 unspecified atom stereocenters. The second-order valence-corrected chi connectivity index (χ2v) is 9.89. The van der Waals surface area contributed by atoms with Gasteiger partial charge in [-0.1, -0.05) is 33.1 Å². The zero-order valence-electron chi connectivity index (χ0n) is 18.8. The van der Waals surface area contributed by atoms with Crippen molar-refractivity contribution in [2.75, 3.05) is 42.9 Å². The Morgan fingerprint density at radius 2 is 1.66 bits per heavy atom. The molecule has 0 bridgehead atoms. The maximum Gasteiger partial charge on any atom is 0.225 e. The minimum absolute atomic E-state index is 0.467. The van der Waals surface area contributed by atoms with Crippen LogP contribution in [0.25, 0.3) is 0 Å². The lowest BCUT2D eigenvalue weighted by Crippen LogP contribution is -2.38. The second-order valence-electron chi connectivity index (χ2n) is 9.89. The molecule has 1 aliphatic carbocycles. The fraction of sp³-hybridized carbons (Fsp3) is 0.833. The van der Waals surface area contributed by atoms with Gasteiger partial charge in [-0.25, -0.2) is 4.98 Å². The summed E-state index contributed by atoms with van der Waals surface area (Å²) in [7, 11) is 0. The van der Waals surface area contributed by atoms with Gasteiger partial charge in [0.1, 0.15) is 5.82 Å². The van der Waals surface area contributed by atoms with Crippen LogP contribution in [-0.4, -0.2) is 53.6 Å². The molecular formula is C24H41N5. The van der Waals surface area contributed by atoms with Gasteiger partial charge < -0.3 is 15.1 Å². The number of aromatic nitrogens is 2. The molecule has 2 fully saturated rings. The summed E-state index contributed by atoms with van der Waals surface area (Å²) in [5.41, 5.74) is 2.77. The van der Waals surface area contributed by atoms with E-state index in [1.165, 1.54) is 88.0 Å². The highest BCUT2D eigenvalue weighted by Gasteiger charge is 2.24. The molecule has 3 aliphatic rings. The van der Waals surface area contributed by atoms with Gasteiger partial charge in [0.2, 0.25) is 5.95 Å². The van der Waals surface area contributed by atoms with Gasteiger partial charge in [-0.2, -0.15) is 4.98 Å². The largest absolute Gasteiger partial charge is 0.356 e. The molecule has 0 amide bonds. The van der Waals surface area contributed by atoms with Crippen molar-refractivity contribution in [1.29, 1.82) is 0 Å². The quantitative estimate of drug-likeness (QED) is 0.780. The fourth-order valence-corrected chi connectivity index (χ4v) is 5.39. The molecule has 1 aromatic heterocycles. The lowest BCUT2D eigenvalue weighted by molar-refractivity contribution is 0.247. The van der Waals surface area contributed by atoms with Gasteiger partial charge in [-0.15, -0.1) is 0 Å². The number of nitrogens with zero attached hydrogens (tertiary/aromatic N) is 4. The molecule has 5 heteroatoms. The molecule has 4 rings (SSSR count). The summed E-state index contributed by atoms with van der Waals surface area (Å²) in [4.78, 5) is 15.4. The molecule has 162 valence electrons. The van der Waals surface area contributed by atoms with Gasteiger partial charge in [-0.3, -0.25) is 0 Å². The lowest BCUT2D eigenvalue weighted by Gasteiger charge is -2.29. The molecule has 2 aliphatic heterocycles. The molecule has 5 nitrogen and oxygen atoms in total. The monoisotopic (exact) mass is 399 g/mol. The molecule has 3 heterocycles. The number of aryl methyl sites for hydroxylation is 1. The Morgan fingerprint density at radius 1 is 0.897 bits per heavy atom. The van der Waals surface area contributed by atoms with E-state index in [1.54, 1.807) is 0 Å². The van der Waals surface area contributed by atoms with Crippen LogP contribution < -0.4 is 10.2 Å². The maximum absolute atomic E-state index is 5.15. The number of hydrogen-bond acceptors (Lipinski definition) is 5. The van der Waals surface area contributed by atoms with E-state index in [0.717, 1.165) is 44.3 Å². The van der Waals surface area contributed by atoms with Crippen molar-refractivity contribution in [2.24, 2.45) is 5.92 Å². The lowest BCUT2D eigenvalue weighted by atomic mass is 9.96. The summed E-state index contributed by atoms with van der Waals surface area (Å²) in [5, 5.41) is 3.78. The van der Waals surface area contributed by atoms with Crippen LogP contribution in [0.1, 0.15) is 82.9 Å². The molecule has 1 N–H and O–H groups in total. The van der Waals surface area contributed by atoms with Crippen molar-refractivity contribution in [2.45, 2.75) is 90.5 Å². The summed E-state index contributed by atoms with van der Waals surface area (Å²) in [6.07, 6.45) is 14.0. The predicted octanol–water partition coefficient (Wildman–Crippen LogP) is 4.66. The molecule has 0 aromatic carbocycles. The van der Waals surface area contributed by atoms with E-state index in [9.17, 15) is 0 Å². The van der Waals surface area contributed by atoms with Crippen LogP contribution in [0.15, 0.2) is 0 Å². The van der Waals surface area contributed by atoms with Crippen molar-refractivity contribution >= 4 is 11.8 Å². The van der Waals surface area contributed by atoms with Gasteiger partial charge in [0.05, 0.1) is 5.69 Å². The highest BCUT2D eigenvalue weighted by atomic mass is 15.2. The third kappa shape index (κ3) is 5.62. The first kappa shape index (κ1) is 20.9. The van der Waals surface area contributed by atoms with Crippen LogP contribution in [0, 0.1) is 5.92 Å². The van der Waals surface area contributed by atoms with E-state index in [1.807, 2.05) is 0 Å². The minimum atomic E-state index is 0.467. The number of anilines is 2. The molecule has 0 spiro atoms. The van der Waals surface area contributed by atoms with Crippen LogP contribution >= 0.6 is 0 Å². The Labute approximate surface area is 177 Å². The molecule has 0 radical (unpaired) electrons. The van der Waals surface area contributed by atoms with E-state index in [0.29, 0.717) is 6.04 Å². The van der Waals surface area contributed by atoms with E-state index in [4.69, 9.17) is 9.97 Å². The van der Waals surface area contributed by atoms with Crippen LogP contribution in [0.2, 0.25) is 0 Å². The van der Waals surface area contributed by atoms with Crippen molar-refractivity contribution in [3.8, 4) is 0 Å².